The third-order valence-corrected chi connectivity index (χ3v) is 4.45. The molecule has 0 aliphatic rings. The van der Waals surface area contributed by atoms with Gasteiger partial charge in [0, 0.05) is 30.6 Å². The summed E-state index contributed by atoms with van der Waals surface area (Å²) in [5.41, 5.74) is 1.63. The molecule has 0 unspecified atom stereocenters. The standard InChI is InChI=1S/C21H26N4O3/c1-25(2)11-12-28-20-15(7-6-10-19(20)27-3)13-22-14-18-16-8-4-5-9-17(16)21(26)24-23-18/h4-10,22H,11-14H2,1-3H3,(H,24,26). The fourth-order valence-corrected chi connectivity index (χ4v) is 2.98. The smallest absolute Gasteiger partial charge is 0.272 e. The van der Waals surface area contributed by atoms with Gasteiger partial charge in [0.05, 0.1) is 18.2 Å². The zero-order chi connectivity index (χ0) is 19.9. The van der Waals surface area contributed by atoms with E-state index in [-0.39, 0.29) is 5.56 Å². The first-order valence-electron chi connectivity index (χ1n) is 9.20. The van der Waals surface area contributed by atoms with Crippen LogP contribution in [0.3, 0.4) is 0 Å². The Kier molecular flexibility index (Phi) is 6.62. The molecule has 7 heteroatoms. The number of nitrogens with zero attached hydrogens (tertiary/aromatic N) is 2. The van der Waals surface area contributed by atoms with Crippen molar-refractivity contribution in [3.05, 3.63) is 64.1 Å². The third kappa shape index (κ3) is 4.68. The Bertz CT molecular complexity index is 985. The van der Waals surface area contributed by atoms with Gasteiger partial charge in [-0.3, -0.25) is 4.79 Å². The number of benzene rings is 2. The molecule has 0 amide bonds. The molecule has 3 rings (SSSR count). The Morgan fingerprint density at radius 3 is 2.61 bits per heavy atom. The van der Waals surface area contributed by atoms with Gasteiger partial charge < -0.3 is 19.7 Å². The largest absolute Gasteiger partial charge is 0.493 e. The fourth-order valence-electron chi connectivity index (χ4n) is 2.98. The molecule has 0 atom stereocenters. The molecule has 0 spiro atoms. The van der Waals surface area contributed by atoms with Crippen LogP contribution in [0.1, 0.15) is 11.3 Å². The Hall–Kier alpha value is -2.90. The second kappa shape index (κ2) is 9.34. The van der Waals surface area contributed by atoms with Crippen LogP contribution in [0.4, 0.5) is 0 Å². The van der Waals surface area contributed by atoms with Crippen molar-refractivity contribution in [1.29, 1.82) is 0 Å². The number of ether oxygens (including phenoxy) is 2. The lowest BCUT2D eigenvalue weighted by Gasteiger charge is -2.17. The highest BCUT2D eigenvalue weighted by molar-refractivity contribution is 5.83. The Labute approximate surface area is 164 Å². The molecule has 28 heavy (non-hydrogen) atoms. The Morgan fingerprint density at radius 1 is 1.07 bits per heavy atom. The molecule has 0 bridgehead atoms. The summed E-state index contributed by atoms with van der Waals surface area (Å²) in [6.07, 6.45) is 0. The number of hydrogen-bond acceptors (Lipinski definition) is 6. The van der Waals surface area contributed by atoms with Crippen molar-refractivity contribution in [3.63, 3.8) is 0 Å². The summed E-state index contributed by atoms with van der Waals surface area (Å²) in [5.74, 6) is 1.46. The zero-order valence-corrected chi connectivity index (χ0v) is 16.5. The van der Waals surface area contributed by atoms with Crippen LogP contribution in [-0.2, 0) is 13.1 Å². The summed E-state index contributed by atoms with van der Waals surface area (Å²) in [7, 11) is 5.66. The number of rotatable bonds is 9. The summed E-state index contributed by atoms with van der Waals surface area (Å²) in [4.78, 5) is 14.0. The lowest BCUT2D eigenvalue weighted by Crippen LogP contribution is -2.21. The van der Waals surface area contributed by atoms with Gasteiger partial charge in [-0.2, -0.15) is 5.10 Å². The summed E-state index contributed by atoms with van der Waals surface area (Å²) in [5, 5.41) is 11.7. The van der Waals surface area contributed by atoms with E-state index in [4.69, 9.17) is 9.47 Å². The number of fused-ring (bicyclic) bond motifs is 1. The van der Waals surface area contributed by atoms with E-state index in [2.05, 4.69) is 20.4 Å². The maximum absolute atomic E-state index is 11.9. The minimum Gasteiger partial charge on any atom is -0.493 e. The quantitative estimate of drug-likeness (QED) is 0.590. The van der Waals surface area contributed by atoms with Gasteiger partial charge in [-0.15, -0.1) is 0 Å². The lowest BCUT2D eigenvalue weighted by atomic mass is 10.1. The van der Waals surface area contributed by atoms with Crippen molar-refractivity contribution < 1.29 is 9.47 Å². The van der Waals surface area contributed by atoms with Crippen molar-refractivity contribution in [3.8, 4) is 11.5 Å². The van der Waals surface area contributed by atoms with Gasteiger partial charge in [0.15, 0.2) is 11.5 Å². The van der Waals surface area contributed by atoms with Crippen LogP contribution in [0.25, 0.3) is 10.8 Å². The Morgan fingerprint density at radius 2 is 1.86 bits per heavy atom. The molecule has 0 radical (unpaired) electrons. The Balaban J connectivity index is 1.73. The number of para-hydroxylation sites is 1. The number of aromatic amines is 1. The molecule has 0 fully saturated rings. The van der Waals surface area contributed by atoms with E-state index >= 15 is 0 Å². The molecule has 2 aromatic carbocycles. The average Bonchev–Trinajstić information content (AvgIpc) is 2.70. The number of likely N-dealkylation sites (N-methyl/N-ethyl adjacent to an activating group) is 1. The molecular weight excluding hydrogens is 356 g/mol. The topological polar surface area (TPSA) is 79.5 Å². The van der Waals surface area contributed by atoms with Crippen LogP contribution < -0.4 is 20.3 Å². The van der Waals surface area contributed by atoms with Crippen LogP contribution in [-0.4, -0.2) is 49.5 Å². The molecule has 0 aliphatic carbocycles. The summed E-state index contributed by atoms with van der Waals surface area (Å²) >= 11 is 0. The van der Waals surface area contributed by atoms with Gasteiger partial charge >= 0.3 is 0 Å². The highest BCUT2D eigenvalue weighted by Gasteiger charge is 2.11. The third-order valence-electron chi connectivity index (χ3n) is 4.45. The van der Waals surface area contributed by atoms with Crippen molar-refractivity contribution in [1.82, 2.24) is 20.4 Å². The maximum Gasteiger partial charge on any atom is 0.272 e. The first-order chi connectivity index (χ1) is 13.6. The number of aromatic nitrogens is 2. The normalized spacial score (nSPS) is 11.1. The SMILES string of the molecule is COc1cccc(CNCc2n[nH]c(=O)c3ccccc23)c1OCCN(C)C. The van der Waals surface area contributed by atoms with Crippen LogP contribution in [0, 0.1) is 0 Å². The van der Waals surface area contributed by atoms with E-state index in [9.17, 15) is 4.79 Å². The number of nitrogens with one attached hydrogen (secondary N) is 2. The second-order valence-electron chi connectivity index (χ2n) is 6.75. The summed E-state index contributed by atoms with van der Waals surface area (Å²) in [6, 6.07) is 13.3. The number of hydrogen-bond donors (Lipinski definition) is 2. The molecule has 3 aromatic rings. The van der Waals surface area contributed by atoms with Gasteiger partial charge in [-0.1, -0.05) is 30.3 Å². The van der Waals surface area contributed by atoms with Crippen molar-refractivity contribution in [2.75, 3.05) is 34.4 Å². The van der Waals surface area contributed by atoms with Crippen molar-refractivity contribution >= 4 is 10.8 Å². The lowest BCUT2D eigenvalue weighted by molar-refractivity contribution is 0.248. The molecule has 1 aromatic heterocycles. The predicted octanol–water partition coefficient (Wildman–Crippen LogP) is 2.16. The van der Waals surface area contributed by atoms with Gasteiger partial charge in [0.2, 0.25) is 0 Å². The fraction of sp³-hybridized carbons (Fsp3) is 0.333. The van der Waals surface area contributed by atoms with E-state index in [1.807, 2.05) is 50.5 Å². The van der Waals surface area contributed by atoms with E-state index in [0.717, 1.165) is 28.9 Å². The first-order valence-corrected chi connectivity index (χ1v) is 9.20. The predicted molar refractivity (Wildman–Crippen MR) is 110 cm³/mol. The average molecular weight is 382 g/mol. The highest BCUT2D eigenvalue weighted by atomic mass is 16.5. The second-order valence-corrected chi connectivity index (χ2v) is 6.75. The van der Waals surface area contributed by atoms with Crippen LogP contribution in [0.15, 0.2) is 47.3 Å². The molecule has 7 nitrogen and oxygen atoms in total. The molecule has 0 saturated heterocycles. The molecule has 0 aliphatic heterocycles. The van der Waals surface area contributed by atoms with Crippen LogP contribution in [0.5, 0.6) is 11.5 Å². The molecule has 1 heterocycles. The van der Waals surface area contributed by atoms with Crippen LogP contribution >= 0.6 is 0 Å². The van der Waals surface area contributed by atoms with Crippen molar-refractivity contribution in [2.45, 2.75) is 13.1 Å². The minimum atomic E-state index is -0.177. The summed E-state index contributed by atoms with van der Waals surface area (Å²) < 4.78 is 11.4. The highest BCUT2D eigenvalue weighted by Crippen LogP contribution is 2.31. The molecule has 2 N–H and O–H groups in total. The van der Waals surface area contributed by atoms with Crippen LogP contribution in [0.2, 0.25) is 0 Å². The molecular formula is C21H26N4O3. The monoisotopic (exact) mass is 382 g/mol. The van der Waals surface area contributed by atoms with E-state index in [0.29, 0.717) is 30.8 Å². The molecule has 0 saturated carbocycles. The molecule has 148 valence electrons. The minimum absolute atomic E-state index is 0.177. The number of H-pyrrole nitrogens is 1. The van der Waals surface area contributed by atoms with Gasteiger partial charge in [-0.25, -0.2) is 5.10 Å². The summed E-state index contributed by atoms with van der Waals surface area (Å²) in [6.45, 7) is 2.50. The zero-order valence-electron chi connectivity index (χ0n) is 16.5. The van der Waals surface area contributed by atoms with E-state index < -0.39 is 0 Å². The van der Waals surface area contributed by atoms with Crippen molar-refractivity contribution in [2.24, 2.45) is 0 Å². The van der Waals surface area contributed by atoms with Gasteiger partial charge in [0.25, 0.3) is 5.56 Å². The van der Waals surface area contributed by atoms with E-state index in [1.165, 1.54) is 0 Å². The number of methoxy groups -OCH3 is 1. The first kappa shape index (κ1) is 19.9. The van der Waals surface area contributed by atoms with Gasteiger partial charge in [-0.05, 0) is 26.2 Å². The van der Waals surface area contributed by atoms with E-state index in [1.54, 1.807) is 13.2 Å². The van der Waals surface area contributed by atoms with Gasteiger partial charge in [0.1, 0.15) is 6.61 Å². The maximum atomic E-state index is 11.9.